The van der Waals surface area contributed by atoms with Gasteiger partial charge in [0.05, 0.1) is 19.3 Å². The highest BCUT2D eigenvalue weighted by Crippen LogP contribution is 1.92. The molecule has 0 aliphatic rings. The summed E-state index contributed by atoms with van der Waals surface area (Å²) >= 11 is 5.37. The van der Waals surface area contributed by atoms with Gasteiger partial charge in [-0.15, -0.1) is 11.6 Å². The summed E-state index contributed by atoms with van der Waals surface area (Å²) in [4.78, 5) is 10.7. The van der Waals surface area contributed by atoms with Crippen molar-refractivity contribution in [3.8, 4) is 0 Å². The van der Waals surface area contributed by atoms with Crippen molar-refractivity contribution in [3.05, 3.63) is 0 Å². The number of methoxy groups -OCH3 is 1. The quantitative estimate of drug-likeness (QED) is 0.391. The fourth-order valence-corrected chi connectivity index (χ4v) is 1.86. The highest BCUT2D eigenvalue weighted by molar-refractivity contribution is 7.89. The average molecular weight is 244 g/mol. The first-order valence-electron chi connectivity index (χ1n) is 4.12. The van der Waals surface area contributed by atoms with Crippen molar-refractivity contribution in [3.63, 3.8) is 0 Å². The van der Waals surface area contributed by atoms with Crippen LogP contribution in [0, 0.1) is 0 Å². The second kappa shape index (κ2) is 7.03. The van der Waals surface area contributed by atoms with E-state index in [2.05, 4.69) is 9.46 Å². The topological polar surface area (TPSA) is 72.5 Å². The molecule has 0 unspecified atom stereocenters. The van der Waals surface area contributed by atoms with E-state index in [1.165, 1.54) is 7.11 Å². The number of hydrogen-bond acceptors (Lipinski definition) is 4. The van der Waals surface area contributed by atoms with Crippen molar-refractivity contribution < 1.29 is 17.9 Å². The van der Waals surface area contributed by atoms with Gasteiger partial charge in [0.2, 0.25) is 10.0 Å². The fraction of sp³-hybridized carbons (Fsp3) is 0.857. The smallest absolute Gasteiger partial charge is 0.306 e. The molecule has 0 rings (SSSR count). The van der Waals surface area contributed by atoms with Gasteiger partial charge in [-0.3, -0.25) is 4.79 Å². The van der Waals surface area contributed by atoms with Gasteiger partial charge in [0, 0.05) is 12.4 Å². The summed E-state index contributed by atoms with van der Waals surface area (Å²) in [6.07, 6.45) is 0.436. The lowest BCUT2D eigenvalue weighted by molar-refractivity contribution is -0.140. The zero-order valence-corrected chi connectivity index (χ0v) is 9.53. The Kier molecular flexibility index (Phi) is 6.86. The second-order valence-corrected chi connectivity index (χ2v) is 4.89. The molecule has 7 heteroatoms. The van der Waals surface area contributed by atoms with E-state index in [0.717, 1.165) is 0 Å². The van der Waals surface area contributed by atoms with E-state index < -0.39 is 16.0 Å². The molecule has 0 aromatic rings. The minimum atomic E-state index is -3.37. The van der Waals surface area contributed by atoms with Crippen LogP contribution in [-0.2, 0) is 19.6 Å². The Morgan fingerprint density at radius 1 is 1.50 bits per heavy atom. The van der Waals surface area contributed by atoms with Crippen LogP contribution in [0.4, 0.5) is 0 Å². The molecule has 0 atom stereocenters. The number of hydrogen-bond donors (Lipinski definition) is 1. The van der Waals surface area contributed by atoms with Crippen LogP contribution in [0.1, 0.15) is 12.8 Å². The number of alkyl halides is 1. The maximum Gasteiger partial charge on any atom is 0.306 e. The molecule has 0 aliphatic heterocycles. The lowest BCUT2D eigenvalue weighted by Crippen LogP contribution is -2.28. The van der Waals surface area contributed by atoms with Gasteiger partial charge >= 0.3 is 5.97 Å². The summed E-state index contributed by atoms with van der Waals surface area (Å²) in [5.41, 5.74) is 0. The van der Waals surface area contributed by atoms with Gasteiger partial charge < -0.3 is 4.74 Å². The van der Waals surface area contributed by atoms with Gasteiger partial charge in [-0.2, -0.15) is 0 Å². The van der Waals surface area contributed by atoms with Gasteiger partial charge in [-0.05, 0) is 6.42 Å². The Balaban J connectivity index is 3.78. The van der Waals surface area contributed by atoms with E-state index in [0.29, 0.717) is 18.8 Å². The molecule has 14 heavy (non-hydrogen) atoms. The van der Waals surface area contributed by atoms with E-state index in [9.17, 15) is 13.2 Å². The van der Waals surface area contributed by atoms with E-state index in [1.54, 1.807) is 0 Å². The molecule has 0 radical (unpaired) electrons. The van der Waals surface area contributed by atoms with Crippen molar-refractivity contribution in [2.24, 2.45) is 0 Å². The SMILES string of the molecule is COC(=O)CCS(=O)(=O)NCCCCl. The van der Waals surface area contributed by atoms with Gasteiger partial charge in [-0.25, -0.2) is 13.1 Å². The van der Waals surface area contributed by atoms with Crippen molar-refractivity contribution in [1.29, 1.82) is 0 Å². The van der Waals surface area contributed by atoms with E-state index in [-0.39, 0.29) is 12.2 Å². The van der Waals surface area contributed by atoms with Crippen LogP contribution in [-0.4, -0.2) is 39.7 Å². The molecule has 0 fully saturated rings. The summed E-state index contributed by atoms with van der Waals surface area (Å²) in [5, 5.41) is 0. The van der Waals surface area contributed by atoms with Crippen LogP contribution in [0.5, 0.6) is 0 Å². The van der Waals surface area contributed by atoms with Gasteiger partial charge in [0.25, 0.3) is 0 Å². The Labute approximate surface area is 88.8 Å². The molecule has 0 heterocycles. The number of esters is 1. The summed E-state index contributed by atoms with van der Waals surface area (Å²) in [6, 6.07) is 0. The fourth-order valence-electron chi connectivity index (χ4n) is 0.686. The van der Waals surface area contributed by atoms with Crippen LogP contribution in [0.15, 0.2) is 0 Å². The molecular weight excluding hydrogens is 230 g/mol. The van der Waals surface area contributed by atoms with Gasteiger partial charge in [0.1, 0.15) is 0 Å². The number of sulfonamides is 1. The molecule has 0 aliphatic carbocycles. The van der Waals surface area contributed by atoms with Crippen LogP contribution < -0.4 is 4.72 Å². The highest BCUT2D eigenvalue weighted by atomic mass is 35.5. The Bertz CT molecular complexity index is 265. The molecule has 5 nitrogen and oxygen atoms in total. The molecule has 0 spiro atoms. The molecule has 0 amide bonds. The third-order valence-electron chi connectivity index (χ3n) is 1.43. The monoisotopic (exact) mass is 243 g/mol. The first kappa shape index (κ1) is 13.7. The molecule has 84 valence electrons. The van der Waals surface area contributed by atoms with Crippen molar-refractivity contribution >= 4 is 27.6 Å². The number of nitrogens with one attached hydrogen (secondary N) is 1. The largest absolute Gasteiger partial charge is 0.469 e. The third kappa shape index (κ3) is 7.11. The molecule has 0 aromatic carbocycles. The van der Waals surface area contributed by atoms with Crippen LogP contribution >= 0.6 is 11.6 Å². The summed E-state index contributed by atoms with van der Waals surface area (Å²) in [5.74, 6) is -0.380. The number of ether oxygens (including phenoxy) is 1. The third-order valence-corrected chi connectivity index (χ3v) is 3.09. The normalized spacial score (nSPS) is 11.3. The van der Waals surface area contributed by atoms with Crippen LogP contribution in [0.3, 0.4) is 0 Å². The number of carbonyl (C=O) groups is 1. The average Bonchev–Trinajstić information content (AvgIpc) is 2.14. The lowest BCUT2D eigenvalue weighted by Gasteiger charge is -2.04. The zero-order valence-electron chi connectivity index (χ0n) is 7.95. The predicted molar refractivity (Wildman–Crippen MR) is 53.8 cm³/mol. The van der Waals surface area contributed by atoms with Crippen molar-refractivity contribution in [2.45, 2.75) is 12.8 Å². The molecule has 0 saturated heterocycles. The summed E-state index contributed by atoms with van der Waals surface area (Å²) in [7, 11) is -2.15. The Morgan fingerprint density at radius 3 is 2.64 bits per heavy atom. The van der Waals surface area contributed by atoms with Gasteiger partial charge in [-0.1, -0.05) is 0 Å². The predicted octanol–water partition coefficient (Wildman–Crippen LogP) is 0.0978. The molecule has 0 aromatic heterocycles. The second-order valence-electron chi connectivity index (χ2n) is 2.58. The first-order chi connectivity index (χ1) is 6.52. The zero-order chi connectivity index (χ0) is 11.0. The molecular formula is C7H14ClNO4S. The molecule has 0 bridgehead atoms. The van der Waals surface area contributed by atoms with Crippen molar-refractivity contribution in [1.82, 2.24) is 4.72 Å². The maximum absolute atomic E-state index is 11.2. The first-order valence-corrected chi connectivity index (χ1v) is 6.30. The Hall–Kier alpha value is -0.330. The van der Waals surface area contributed by atoms with Crippen LogP contribution in [0.25, 0.3) is 0 Å². The van der Waals surface area contributed by atoms with E-state index >= 15 is 0 Å². The van der Waals surface area contributed by atoms with E-state index in [1.807, 2.05) is 0 Å². The maximum atomic E-state index is 11.2. The van der Waals surface area contributed by atoms with E-state index in [4.69, 9.17) is 11.6 Å². The minimum Gasteiger partial charge on any atom is -0.469 e. The van der Waals surface area contributed by atoms with Crippen LogP contribution in [0.2, 0.25) is 0 Å². The minimum absolute atomic E-state index is 0.132. The van der Waals surface area contributed by atoms with Crippen molar-refractivity contribution in [2.75, 3.05) is 25.3 Å². The number of rotatable bonds is 7. The molecule has 0 saturated carbocycles. The van der Waals surface area contributed by atoms with Gasteiger partial charge in [0.15, 0.2) is 0 Å². The summed E-state index contributed by atoms with van der Waals surface area (Å²) < 4.78 is 29.0. The lowest BCUT2D eigenvalue weighted by atomic mass is 10.5. The molecule has 1 N–H and O–H groups in total. The number of halogens is 1. The summed E-state index contributed by atoms with van der Waals surface area (Å²) in [6.45, 7) is 0.299. The highest BCUT2D eigenvalue weighted by Gasteiger charge is 2.12. The number of carbonyl (C=O) groups excluding carboxylic acids is 1. The Morgan fingerprint density at radius 2 is 2.14 bits per heavy atom. The standard InChI is InChI=1S/C7H14ClNO4S/c1-13-7(10)3-6-14(11,12)9-5-2-4-8/h9H,2-6H2,1H3.